The lowest BCUT2D eigenvalue weighted by atomic mass is 9.64. The molecule has 31 heavy (non-hydrogen) atoms. The van der Waals surface area contributed by atoms with Crippen molar-refractivity contribution in [2.45, 2.75) is 59.5 Å². The number of esters is 1. The first-order valence-corrected chi connectivity index (χ1v) is 11.2. The van der Waals surface area contributed by atoms with Crippen molar-refractivity contribution in [1.82, 2.24) is 0 Å². The molecule has 0 N–H and O–H groups in total. The van der Waals surface area contributed by atoms with Crippen LogP contribution in [-0.2, 0) is 19.7 Å². The highest BCUT2D eigenvalue weighted by Crippen LogP contribution is 2.49. The Morgan fingerprint density at radius 3 is 2.03 bits per heavy atom. The van der Waals surface area contributed by atoms with Gasteiger partial charge in [0.1, 0.15) is 11.5 Å². The summed E-state index contributed by atoms with van der Waals surface area (Å²) in [6.07, 6.45) is -0.911. The van der Waals surface area contributed by atoms with E-state index in [9.17, 15) is 14.4 Å². The lowest BCUT2D eigenvalue weighted by Gasteiger charge is -2.44. The van der Waals surface area contributed by atoms with Crippen LogP contribution in [0.25, 0.3) is 0 Å². The summed E-state index contributed by atoms with van der Waals surface area (Å²) in [7, 11) is 0. The number of carbonyl (C=O) groups is 3. The summed E-state index contributed by atoms with van der Waals surface area (Å²) in [4.78, 5) is 39.5. The molecule has 1 saturated heterocycles. The number of ketones is 2. The van der Waals surface area contributed by atoms with Crippen molar-refractivity contribution in [1.29, 1.82) is 0 Å². The third kappa shape index (κ3) is 4.38. The van der Waals surface area contributed by atoms with Crippen LogP contribution in [-0.4, -0.2) is 17.5 Å². The molecule has 2 aromatic carbocycles. The molecule has 0 spiro atoms. The quantitative estimate of drug-likeness (QED) is 0.293. The normalized spacial score (nSPS) is 23.4. The molecule has 1 aliphatic heterocycles. The number of ether oxygens (including phenoxy) is 1. The lowest BCUT2D eigenvalue weighted by Crippen LogP contribution is -2.54. The zero-order valence-corrected chi connectivity index (χ0v) is 20.5. The highest BCUT2D eigenvalue weighted by atomic mass is 79.9. The molecule has 164 valence electrons. The molecule has 1 heterocycles. The van der Waals surface area contributed by atoms with Gasteiger partial charge in [0.25, 0.3) is 0 Å². The van der Waals surface area contributed by atoms with Gasteiger partial charge in [-0.2, -0.15) is 0 Å². The summed E-state index contributed by atoms with van der Waals surface area (Å²) in [5, 5.41) is 0. The Morgan fingerprint density at radius 2 is 1.52 bits per heavy atom. The maximum absolute atomic E-state index is 13.5. The maximum Gasteiger partial charge on any atom is 0.320 e. The van der Waals surface area contributed by atoms with E-state index in [1.54, 1.807) is 26.0 Å². The second kappa shape index (κ2) is 8.01. The molecule has 1 aliphatic rings. The Hall–Kier alpha value is -2.27. The summed E-state index contributed by atoms with van der Waals surface area (Å²) < 4.78 is 6.69. The minimum atomic E-state index is -1.52. The van der Waals surface area contributed by atoms with E-state index in [0.29, 0.717) is 5.56 Å². The predicted molar refractivity (Wildman–Crippen MR) is 124 cm³/mol. The highest BCUT2D eigenvalue weighted by molar-refractivity contribution is 9.10. The van der Waals surface area contributed by atoms with Crippen molar-refractivity contribution < 1.29 is 19.1 Å². The van der Waals surface area contributed by atoms with Crippen LogP contribution >= 0.6 is 15.9 Å². The molecule has 0 aliphatic carbocycles. The number of hydrogen-bond donors (Lipinski definition) is 0. The molecule has 0 saturated carbocycles. The number of rotatable bonds is 4. The number of hydrogen-bond acceptors (Lipinski definition) is 4. The van der Waals surface area contributed by atoms with Gasteiger partial charge in [0.15, 0.2) is 11.6 Å². The van der Waals surface area contributed by atoms with Crippen molar-refractivity contribution >= 4 is 33.5 Å². The summed E-state index contributed by atoms with van der Waals surface area (Å²) in [5.41, 5.74) is -0.157. The van der Waals surface area contributed by atoms with E-state index in [1.807, 2.05) is 36.4 Å². The second-order valence-electron chi connectivity index (χ2n) is 10.1. The average molecular weight is 485 g/mol. The smallest absolute Gasteiger partial charge is 0.320 e. The first kappa shape index (κ1) is 23.4. The number of Topliss-reactive ketones (excluding diaryl/α,β-unsaturated/α-hetero) is 2. The van der Waals surface area contributed by atoms with Crippen molar-refractivity contribution in [3.05, 3.63) is 69.7 Å². The topological polar surface area (TPSA) is 60.4 Å². The van der Waals surface area contributed by atoms with E-state index < -0.39 is 22.9 Å². The SMILES string of the molecule is CC(C)(C)c1ccc(C(=O)C[C@]2(C)C(=O)O[C@@H](c3ccc(Br)cc3)C(C)(C)C2=O)cc1. The Labute approximate surface area is 192 Å². The number of carbonyl (C=O) groups excluding carboxylic acids is 3. The molecule has 0 bridgehead atoms. The van der Waals surface area contributed by atoms with Gasteiger partial charge in [-0.25, -0.2) is 0 Å². The van der Waals surface area contributed by atoms with Crippen LogP contribution in [0.2, 0.25) is 0 Å². The van der Waals surface area contributed by atoms with Gasteiger partial charge in [0.05, 0.1) is 5.41 Å². The fourth-order valence-electron chi connectivity index (χ4n) is 4.16. The minimum absolute atomic E-state index is 0.0250. The van der Waals surface area contributed by atoms with Crippen LogP contribution in [0.5, 0.6) is 0 Å². The Balaban J connectivity index is 1.86. The van der Waals surface area contributed by atoms with Gasteiger partial charge in [0, 0.05) is 16.5 Å². The third-order valence-corrected chi connectivity index (χ3v) is 6.71. The van der Waals surface area contributed by atoms with Gasteiger partial charge >= 0.3 is 5.97 Å². The van der Waals surface area contributed by atoms with Gasteiger partial charge in [-0.05, 0) is 49.4 Å². The van der Waals surface area contributed by atoms with Gasteiger partial charge in [0.2, 0.25) is 0 Å². The molecule has 5 heteroatoms. The largest absolute Gasteiger partial charge is 0.456 e. The molecule has 4 nitrogen and oxygen atoms in total. The molecule has 0 unspecified atom stereocenters. The second-order valence-corrected chi connectivity index (χ2v) is 11.1. The first-order chi connectivity index (χ1) is 14.3. The number of cyclic esters (lactones) is 1. The molecule has 0 aromatic heterocycles. The van der Waals surface area contributed by atoms with Crippen molar-refractivity contribution in [3.63, 3.8) is 0 Å². The lowest BCUT2D eigenvalue weighted by molar-refractivity contribution is -0.187. The molecular formula is C26H29BrO4. The molecular weight excluding hydrogens is 456 g/mol. The summed E-state index contributed by atoms with van der Waals surface area (Å²) >= 11 is 3.39. The van der Waals surface area contributed by atoms with E-state index in [-0.39, 0.29) is 23.4 Å². The molecule has 0 radical (unpaired) electrons. The molecule has 0 amide bonds. The molecule has 1 fully saturated rings. The zero-order valence-electron chi connectivity index (χ0n) is 18.9. The Morgan fingerprint density at radius 1 is 0.968 bits per heavy atom. The van der Waals surface area contributed by atoms with Crippen LogP contribution in [0.3, 0.4) is 0 Å². The van der Waals surface area contributed by atoms with Crippen LogP contribution in [0.15, 0.2) is 53.0 Å². The monoisotopic (exact) mass is 484 g/mol. The summed E-state index contributed by atoms with van der Waals surface area (Å²) in [6.45, 7) is 11.4. The Kier molecular flexibility index (Phi) is 6.05. The number of halogens is 1. The van der Waals surface area contributed by atoms with Crippen LogP contribution in [0.4, 0.5) is 0 Å². The fourth-order valence-corrected chi connectivity index (χ4v) is 4.43. The highest BCUT2D eigenvalue weighted by Gasteiger charge is 2.58. The average Bonchev–Trinajstić information content (AvgIpc) is 2.70. The van der Waals surface area contributed by atoms with E-state index in [1.165, 1.54) is 6.92 Å². The van der Waals surface area contributed by atoms with Crippen molar-refractivity contribution in [2.75, 3.05) is 0 Å². The van der Waals surface area contributed by atoms with Crippen LogP contribution in [0.1, 0.15) is 75.6 Å². The molecule has 2 atom stereocenters. The van der Waals surface area contributed by atoms with Crippen LogP contribution < -0.4 is 0 Å². The fraction of sp³-hybridized carbons (Fsp3) is 0.423. The van der Waals surface area contributed by atoms with E-state index in [0.717, 1.165) is 15.6 Å². The van der Waals surface area contributed by atoms with Crippen LogP contribution in [0, 0.1) is 10.8 Å². The third-order valence-electron chi connectivity index (χ3n) is 6.18. The predicted octanol–water partition coefficient (Wildman–Crippen LogP) is 6.22. The minimum Gasteiger partial charge on any atom is -0.456 e. The maximum atomic E-state index is 13.5. The van der Waals surface area contributed by atoms with Crippen molar-refractivity contribution in [3.8, 4) is 0 Å². The van der Waals surface area contributed by atoms with E-state index >= 15 is 0 Å². The van der Waals surface area contributed by atoms with Gasteiger partial charge in [-0.1, -0.05) is 73.1 Å². The van der Waals surface area contributed by atoms with Gasteiger partial charge in [-0.15, -0.1) is 0 Å². The van der Waals surface area contributed by atoms with E-state index in [4.69, 9.17) is 4.74 Å². The summed E-state index contributed by atoms with van der Waals surface area (Å²) in [5.74, 6) is -1.17. The molecule has 3 rings (SSSR count). The standard InChI is InChI=1S/C26H29BrO4/c1-24(2,3)18-11-7-16(8-12-18)20(28)15-26(6)22(29)25(4,5)21(31-23(26)30)17-9-13-19(27)14-10-17/h7-14,21H,15H2,1-6H3/t21-,26-/m0/s1. The van der Waals surface area contributed by atoms with E-state index in [2.05, 4.69) is 36.7 Å². The van der Waals surface area contributed by atoms with Gasteiger partial charge in [-0.3, -0.25) is 14.4 Å². The Bertz CT molecular complexity index is 1010. The summed E-state index contributed by atoms with van der Waals surface area (Å²) in [6, 6.07) is 14.7. The molecule has 2 aromatic rings. The number of benzene rings is 2. The van der Waals surface area contributed by atoms with Gasteiger partial charge < -0.3 is 4.74 Å². The van der Waals surface area contributed by atoms with Crippen molar-refractivity contribution in [2.24, 2.45) is 10.8 Å². The zero-order chi connectivity index (χ0) is 23.2. The first-order valence-electron chi connectivity index (χ1n) is 10.4.